The predicted molar refractivity (Wildman–Crippen MR) is 78.3 cm³/mol. The quantitative estimate of drug-likeness (QED) is 0.727. The normalized spacial score (nSPS) is 19.8. The molecule has 0 saturated carbocycles. The molecular formula is C14H11BrClNO. The third-order valence-electron chi connectivity index (χ3n) is 3.21. The second-order valence-corrected chi connectivity index (χ2v) is 5.89. The first-order chi connectivity index (χ1) is 8.66. The van der Waals surface area contributed by atoms with Crippen LogP contribution < -0.4 is 4.90 Å². The molecule has 0 radical (unpaired) electrons. The van der Waals surface area contributed by atoms with Gasteiger partial charge in [-0.2, -0.15) is 0 Å². The maximum Gasteiger partial charge on any atom is 0.228 e. The van der Waals surface area contributed by atoms with E-state index in [1.807, 2.05) is 36.4 Å². The Morgan fingerprint density at radius 2 is 1.89 bits per heavy atom. The van der Waals surface area contributed by atoms with Crippen LogP contribution in [0.15, 0.2) is 40.9 Å². The zero-order chi connectivity index (χ0) is 12.7. The first-order valence-electron chi connectivity index (χ1n) is 5.78. The molecule has 0 aromatic heterocycles. The molecule has 1 amide bonds. The summed E-state index contributed by atoms with van der Waals surface area (Å²) in [6.45, 7) is 0.589. The van der Waals surface area contributed by atoms with Gasteiger partial charge in [-0.15, -0.1) is 11.6 Å². The summed E-state index contributed by atoms with van der Waals surface area (Å²) in [5.41, 5.74) is 0.946. The molecule has 1 saturated heterocycles. The summed E-state index contributed by atoms with van der Waals surface area (Å²) in [6.07, 6.45) is 0.423. The number of carbonyl (C=O) groups excluding carboxylic acids is 1. The standard InChI is InChI=1S/C14H11BrClNO/c15-12-5-1-4-11-10(12)3-2-6-13(11)17-8-9(16)7-14(17)18/h1-6,9H,7-8H2. The van der Waals surface area contributed by atoms with Crippen LogP contribution in [-0.4, -0.2) is 17.8 Å². The minimum absolute atomic E-state index is 0.0834. The lowest BCUT2D eigenvalue weighted by Crippen LogP contribution is -2.24. The van der Waals surface area contributed by atoms with Crippen molar-refractivity contribution < 1.29 is 4.79 Å². The SMILES string of the molecule is O=C1CC(Cl)CN1c1cccc2c(Br)cccc12. The number of amides is 1. The molecule has 3 rings (SSSR count). The molecule has 2 nitrogen and oxygen atoms in total. The Balaban J connectivity index is 2.18. The van der Waals surface area contributed by atoms with E-state index >= 15 is 0 Å². The van der Waals surface area contributed by atoms with Crippen LogP contribution in [0.3, 0.4) is 0 Å². The largest absolute Gasteiger partial charge is 0.310 e. The molecule has 1 atom stereocenters. The highest BCUT2D eigenvalue weighted by molar-refractivity contribution is 9.10. The Hall–Kier alpha value is -1.06. The van der Waals surface area contributed by atoms with E-state index in [0.29, 0.717) is 13.0 Å². The van der Waals surface area contributed by atoms with E-state index in [9.17, 15) is 4.79 Å². The first kappa shape index (κ1) is 12.0. The van der Waals surface area contributed by atoms with Gasteiger partial charge in [-0.25, -0.2) is 0 Å². The van der Waals surface area contributed by atoms with Gasteiger partial charge >= 0.3 is 0 Å². The van der Waals surface area contributed by atoms with E-state index in [2.05, 4.69) is 15.9 Å². The van der Waals surface area contributed by atoms with Gasteiger partial charge in [0, 0.05) is 22.8 Å². The van der Waals surface area contributed by atoms with Gasteiger partial charge in [0.2, 0.25) is 5.91 Å². The average Bonchev–Trinajstić information content (AvgIpc) is 2.68. The second-order valence-electron chi connectivity index (χ2n) is 4.42. The predicted octanol–water partition coefficient (Wildman–Crippen LogP) is 3.95. The van der Waals surface area contributed by atoms with E-state index in [1.165, 1.54) is 0 Å². The third kappa shape index (κ3) is 1.91. The molecule has 18 heavy (non-hydrogen) atoms. The molecule has 0 N–H and O–H groups in total. The number of alkyl halides is 1. The van der Waals surface area contributed by atoms with Crippen LogP contribution in [0.5, 0.6) is 0 Å². The Kier molecular flexibility index (Phi) is 3.04. The summed E-state index contributed by atoms with van der Waals surface area (Å²) in [7, 11) is 0. The van der Waals surface area contributed by atoms with E-state index in [-0.39, 0.29) is 11.3 Å². The van der Waals surface area contributed by atoms with E-state index in [1.54, 1.807) is 4.90 Å². The van der Waals surface area contributed by atoms with Gasteiger partial charge in [-0.1, -0.05) is 40.2 Å². The number of hydrogen-bond acceptors (Lipinski definition) is 1. The highest BCUT2D eigenvalue weighted by Gasteiger charge is 2.29. The van der Waals surface area contributed by atoms with Crippen molar-refractivity contribution >= 4 is 49.9 Å². The fourth-order valence-corrected chi connectivity index (χ4v) is 3.16. The van der Waals surface area contributed by atoms with Crippen LogP contribution in [-0.2, 0) is 4.79 Å². The van der Waals surface area contributed by atoms with Crippen LogP contribution in [0.2, 0.25) is 0 Å². The van der Waals surface area contributed by atoms with Crippen molar-refractivity contribution in [3.63, 3.8) is 0 Å². The van der Waals surface area contributed by atoms with Crippen molar-refractivity contribution in [3.8, 4) is 0 Å². The van der Waals surface area contributed by atoms with Gasteiger partial charge < -0.3 is 4.90 Å². The van der Waals surface area contributed by atoms with Gasteiger partial charge in [0.05, 0.1) is 11.1 Å². The molecule has 1 fully saturated rings. The molecule has 0 spiro atoms. The topological polar surface area (TPSA) is 20.3 Å². The summed E-state index contributed by atoms with van der Waals surface area (Å²) in [6, 6.07) is 12.0. The average molecular weight is 325 g/mol. The molecule has 2 aromatic rings. The Morgan fingerprint density at radius 1 is 1.17 bits per heavy atom. The Labute approximate surface area is 119 Å². The zero-order valence-corrected chi connectivity index (χ0v) is 11.9. The Bertz CT molecular complexity index is 628. The fraction of sp³-hybridized carbons (Fsp3) is 0.214. The van der Waals surface area contributed by atoms with Gasteiger partial charge in [0.25, 0.3) is 0 Å². The highest BCUT2D eigenvalue weighted by atomic mass is 79.9. The molecule has 1 aliphatic heterocycles. The number of halogens is 2. The second kappa shape index (κ2) is 4.56. The fourth-order valence-electron chi connectivity index (χ4n) is 2.39. The van der Waals surface area contributed by atoms with Crippen LogP contribution in [0.1, 0.15) is 6.42 Å². The molecule has 2 aromatic carbocycles. The van der Waals surface area contributed by atoms with Gasteiger partial charge in [-0.05, 0) is 17.5 Å². The third-order valence-corrected chi connectivity index (χ3v) is 4.20. The number of hydrogen-bond donors (Lipinski definition) is 0. The van der Waals surface area contributed by atoms with Crippen LogP contribution in [0.4, 0.5) is 5.69 Å². The summed E-state index contributed by atoms with van der Waals surface area (Å²) < 4.78 is 1.04. The zero-order valence-electron chi connectivity index (χ0n) is 9.57. The maximum atomic E-state index is 11.9. The lowest BCUT2D eigenvalue weighted by atomic mass is 10.1. The molecule has 1 unspecified atom stereocenters. The lowest BCUT2D eigenvalue weighted by molar-refractivity contribution is -0.117. The van der Waals surface area contributed by atoms with Crippen LogP contribution in [0.25, 0.3) is 10.8 Å². The monoisotopic (exact) mass is 323 g/mol. The molecule has 92 valence electrons. The number of fused-ring (bicyclic) bond motifs is 1. The first-order valence-corrected chi connectivity index (χ1v) is 7.01. The smallest absolute Gasteiger partial charge is 0.228 e. The minimum Gasteiger partial charge on any atom is -0.310 e. The number of rotatable bonds is 1. The number of carbonyl (C=O) groups is 1. The summed E-state index contributed by atoms with van der Waals surface area (Å²) in [5, 5.41) is 2.10. The molecule has 1 heterocycles. The van der Waals surface area contributed by atoms with Gasteiger partial charge in [0.1, 0.15) is 0 Å². The molecule has 0 aliphatic carbocycles. The Morgan fingerprint density at radius 3 is 2.61 bits per heavy atom. The number of nitrogens with zero attached hydrogens (tertiary/aromatic N) is 1. The van der Waals surface area contributed by atoms with Gasteiger partial charge in [-0.3, -0.25) is 4.79 Å². The lowest BCUT2D eigenvalue weighted by Gasteiger charge is -2.18. The summed E-state index contributed by atoms with van der Waals surface area (Å²) >= 11 is 9.60. The van der Waals surface area contributed by atoms with Crippen molar-refractivity contribution in [2.75, 3.05) is 11.4 Å². The number of anilines is 1. The van der Waals surface area contributed by atoms with E-state index in [0.717, 1.165) is 20.9 Å². The highest BCUT2D eigenvalue weighted by Crippen LogP contribution is 2.34. The summed E-state index contributed by atoms with van der Waals surface area (Å²) in [5.74, 6) is 0.0995. The van der Waals surface area contributed by atoms with Crippen molar-refractivity contribution in [1.29, 1.82) is 0 Å². The van der Waals surface area contributed by atoms with Crippen molar-refractivity contribution in [2.24, 2.45) is 0 Å². The van der Waals surface area contributed by atoms with Crippen LogP contribution in [0, 0.1) is 0 Å². The molecular weight excluding hydrogens is 314 g/mol. The summed E-state index contributed by atoms with van der Waals surface area (Å²) in [4.78, 5) is 13.7. The van der Waals surface area contributed by atoms with Gasteiger partial charge in [0.15, 0.2) is 0 Å². The van der Waals surface area contributed by atoms with E-state index < -0.39 is 0 Å². The van der Waals surface area contributed by atoms with Crippen molar-refractivity contribution in [3.05, 3.63) is 40.9 Å². The molecule has 1 aliphatic rings. The molecule has 4 heteroatoms. The van der Waals surface area contributed by atoms with Crippen LogP contribution >= 0.6 is 27.5 Å². The van der Waals surface area contributed by atoms with E-state index in [4.69, 9.17) is 11.6 Å². The number of benzene rings is 2. The minimum atomic E-state index is -0.0834. The van der Waals surface area contributed by atoms with Crippen molar-refractivity contribution in [2.45, 2.75) is 11.8 Å². The molecule has 0 bridgehead atoms. The van der Waals surface area contributed by atoms with Crippen molar-refractivity contribution in [1.82, 2.24) is 0 Å². The maximum absolute atomic E-state index is 11.9.